The summed E-state index contributed by atoms with van der Waals surface area (Å²) < 4.78 is 2.86. The Hall–Kier alpha value is -3.65. The average molecular weight is 401 g/mol. The van der Waals surface area contributed by atoms with E-state index in [0.29, 0.717) is 21.6 Å². The Labute approximate surface area is 168 Å². The highest BCUT2D eigenvalue weighted by molar-refractivity contribution is 7.24. The van der Waals surface area contributed by atoms with Gasteiger partial charge in [-0.05, 0) is 31.2 Å². The molecule has 0 aliphatic heterocycles. The van der Waals surface area contributed by atoms with Gasteiger partial charge in [-0.25, -0.2) is 4.98 Å². The van der Waals surface area contributed by atoms with Gasteiger partial charge in [0.2, 0.25) is 5.43 Å². The Bertz CT molecular complexity index is 1450. The summed E-state index contributed by atoms with van der Waals surface area (Å²) in [5.74, 6) is -0.438. The molecule has 0 bridgehead atoms. The minimum absolute atomic E-state index is 0.117. The fourth-order valence-corrected chi connectivity index (χ4v) is 4.50. The molecule has 7 nitrogen and oxygen atoms in total. The van der Waals surface area contributed by atoms with E-state index in [4.69, 9.17) is 0 Å². The molecule has 0 radical (unpaired) electrons. The van der Waals surface area contributed by atoms with Crippen LogP contribution in [-0.4, -0.2) is 25.3 Å². The van der Waals surface area contributed by atoms with Crippen molar-refractivity contribution in [1.29, 1.82) is 0 Å². The molecule has 8 heteroatoms. The van der Waals surface area contributed by atoms with Crippen molar-refractivity contribution in [2.45, 2.75) is 13.5 Å². The van der Waals surface area contributed by atoms with Gasteiger partial charge in [-0.2, -0.15) is 0 Å². The molecule has 0 saturated heterocycles. The van der Waals surface area contributed by atoms with E-state index < -0.39 is 5.91 Å². The predicted molar refractivity (Wildman–Crippen MR) is 112 cm³/mol. The molecule has 5 aromatic rings. The number of carbonyl (C=O) groups excluding carboxylic acids is 1. The third-order valence-corrected chi connectivity index (χ3v) is 5.84. The van der Waals surface area contributed by atoms with Crippen LogP contribution in [0.1, 0.15) is 21.7 Å². The lowest BCUT2D eigenvalue weighted by molar-refractivity contribution is 0.0951. The van der Waals surface area contributed by atoms with Crippen LogP contribution < -0.4 is 10.7 Å². The quantitative estimate of drug-likeness (QED) is 0.502. The second kappa shape index (κ2) is 6.75. The van der Waals surface area contributed by atoms with Crippen molar-refractivity contribution >= 4 is 43.3 Å². The maximum absolute atomic E-state index is 13.2. The zero-order chi connectivity index (χ0) is 20.0. The molecule has 1 N–H and O–H groups in total. The number of pyridine rings is 2. The molecular weight excluding hydrogens is 386 g/mol. The van der Waals surface area contributed by atoms with E-state index in [1.807, 2.05) is 35.6 Å². The largest absolute Gasteiger partial charge is 0.346 e. The normalized spacial score (nSPS) is 11.3. The van der Waals surface area contributed by atoms with Crippen LogP contribution in [-0.2, 0) is 6.54 Å². The van der Waals surface area contributed by atoms with Crippen LogP contribution in [0.2, 0.25) is 0 Å². The van der Waals surface area contributed by atoms with Gasteiger partial charge in [0.05, 0.1) is 39.7 Å². The average Bonchev–Trinajstić information content (AvgIpc) is 3.13. The number of aromatic nitrogens is 4. The van der Waals surface area contributed by atoms with Gasteiger partial charge in [0.15, 0.2) is 0 Å². The van der Waals surface area contributed by atoms with E-state index >= 15 is 0 Å². The van der Waals surface area contributed by atoms with E-state index in [2.05, 4.69) is 20.3 Å². The number of rotatable bonds is 3. The van der Waals surface area contributed by atoms with Gasteiger partial charge in [0, 0.05) is 12.4 Å². The number of benzene rings is 1. The standard InChI is InChI=1S/C21H15N5O2S/c1-12-9-24-13(10-23-12)11-25-20(28)17-18(27)14-5-4-8-22-19(14)26-15-6-2-3-7-16(15)29-21(17)26/h2-10H,11H2,1H3,(H,25,28). The van der Waals surface area contributed by atoms with Crippen LogP contribution in [0.4, 0.5) is 0 Å². The third-order valence-electron chi connectivity index (χ3n) is 4.69. The number of nitrogens with zero attached hydrogens (tertiary/aromatic N) is 4. The minimum Gasteiger partial charge on any atom is -0.346 e. The van der Waals surface area contributed by atoms with Crippen molar-refractivity contribution in [2.75, 3.05) is 0 Å². The van der Waals surface area contributed by atoms with E-state index in [9.17, 15) is 9.59 Å². The summed E-state index contributed by atoms with van der Waals surface area (Å²) in [6.45, 7) is 2.03. The summed E-state index contributed by atoms with van der Waals surface area (Å²) in [5, 5.41) is 3.22. The van der Waals surface area contributed by atoms with Gasteiger partial charge in [0.1, 0.15) is 16.0 Å². The Morgan fingerprint density at radius 1 is 1.10 bits per heavy atom. The van der Waals surface area contributed by atoms with Gasteiger partial charge < -0.3 is 5.32 Å². The molecule has 0 atom stereocenters. The van der Waals surface area contributed by atoms with E-state index in [1.165, 1.54) is 11.3 Å². The zero-order valence-corrected chi connectivity index (χ0v) is 16.2. The Balaban J connectivity index is 1.69. The highest BCUT2D eigenvalue weighted by Crippen LogP contribution is 2.30. The van der Waals surface area contributed by atoms with Crippen molar-refractivity contribution in [3.63, 3.8) is 0 Å². The first kappa shape index (κ1) is 17.4. The van der Waals surface area contributed by atoms with Gasteiger partial charge in [-0.3, -0.25) is 24.0 Å². The highest BCUT2D eigenvalue weighted by Gasteiger charge is 2.22. The number of hydrogen-bond acceptors (Lipinski definition) is 6. The summed E-state index contributed by atoms with van der Waals surface area (Å²) in [6, 6.07) is 11.2. The number of aryl methyl sites for hydroxylation is 1. The molecule has 5 rings (SSSR count). The van der Waals surface area contributed by atoms with Crippen LogP contribution in [0.5, 0.6) is 0 Å². The smallest absolute Gasteiger partial charge is 0.258 e. The van der Waals surface area contributed by atoms with Crippen LogP contribution in [0, 0.1) is 6.92 Å². The summed E-state index contributed by atoms with van der Waals surface area (Å²) in [7, 11) is 0. The lowest BCUT2D eigenvalue weighted by atomic mass is 10.1. The molecule has 0 saturated carbocycles. The van der Waals surface area contributed by atoms with Gasteiger partial charge in [-0.15, -0.1) is 11.3 Å². The Morgan fingerprint density at radius 2 is 1.97 bits per heavy atom. The first-order valence-electron chi connectivity index (χ1n) is 9.00. The Morgan fingerprint density at radius 3 is 2.79 bits per heavy atom. The number of para-hydroxylation sites is 1. The molecule has 4 heterocycles. The predicted octanol–water partition coefficient (Wildman–Crippen LogP) is 3.09. The summed E-state index contributed by atoms with van der Waals surface area (Å²) in [5.41, 5.74) is 2.67. The summed E-state index contributed by atoms with van der Waals surface area (Å²) in [4.78, 5) is 39.7. The van der Waals surface area contributed by atoms with Crippen molar-refractivity contribution in [3.05, 3.63) is 82.2 Å². The molecule has 1 aromatic carbocycles. The van der Waals surface area contributed by atoms with Crippen molar-refractivity contribution < 1.29 is 4.79 Å². The van der Waals surface area contributed by atoms with Gasteiger partial charge in [0.25, 0.3) is 5.91 Å². The fourth-order valence-electron chi connectivity index (χ4n) is 3.31. The first-order valence-corrected chi connectivity index (χ1v) is 9.82. The summed E-state index contributed by atoms with van der Waals surface area (Å²) in [6.07, 6.45) is 4.90. The number of fused-ring (bicyclic) bond motifs is 5. The maximum Gasteiger partial charge on any atom is 0.258 e. The van der Waals surface area contributed by atoms with Gasteiger partial charge >= 0.3 is 0 Å². The van der Waals surface area contributed by atoms with Crippen molar-refractivity contribution in [2.24, 2.45) is 0 Å². The molecule has 29 heavy (non-hydrogen) atoms. The molecule has 0 unspecified atom stereocenters. The molecule has 0 spiro atoms. The van der Waals surface area contributed by atoms with E-state index in [-0.39, 0.29) is 17.5 Å². The second-order valence-electron chi connectivity index (χ2n) is 6.62. The van der Waals surface area contributed by atoms with E-state index in [0.717, 1.165) is 15.9 Å². The van der Waals surface area contributed by atoms with Crippen LogP contribution in [0.25, 0.3) is 26.1 Å². The number of thiazole rings is 1. The SMILES string of the molecule is Cc1cnc(CNC(=O)c2c(=O)c3cccnc3n3c2sc2ccccc23)cn1. The van der Waals surface area contributed by atoms with E-state index in [1.54, 1.807) is 30.7 Å². The number of carbonyl (C=O) groups is 1. The van der Waals surface area contributed by atoms with Crippen LogP contribution in [0.15, 0.2) is 59.8 Å². The monoisotopic (exact) mass is 401 g/mol. The zero-order valence-electron chi connectivity index (χ0n) is 15.4. The lowest BCUT2D eigenvalue weighted by Crippen LogP contribution is -2.29. The topological polar surface area (TPSA) is 89.2 Å². The molecule has 0 fully saturated rings. The molecule has 0 aliphatic rings. The fraction of sp³-hybridized carbons (Fsp3) is 0.0952. The molecule has 142 valence electrons. The van der Waals surface area contributed by atoms with Crippen molar-refractivity contribution in [3.8, 4) is 0 Å². The van der Waals surface area contributed by atoms with Crippen LogP contribution in [0.3, 0.4) is 0 Å². The third kappa shape index (κ3) is 2.85. The number of amides is 1. The summed E-state index contributed by atoms with van der Waals surface area (Å²) >= 11 is 1.40. The number of nitrogens with one attached hydrogen (secondary N) is 1. The second-order valence-corrected chi connectivity index (χ2v) is 7.65. The molecule has 1 amide bonds. The molecular formula is C21H15N5O2S. The van der Waals surface area contributed by atoms with Crippen molar-refractivity contribution in [1.82, 2.24) is 24.7 Å². The Kier molecular flexibility index (Phi) is 4.06. The lowest BCUT2D eigenvalue weighted by Gasteiger charge is -2.08. The first-order chi connectivity index (χ1) is 14.1. The van der Waals surface area contributed by atoms with Gasteiger partial charge in [-0.1, -0.05) is 12.1 Å². The van der Waals surface area contributed by atoms with Crippen LogP contribution >= 0.6 is 11.3 Å². The minimum atomic E-state index is -0.438. The highest BCUT2D eigenvalue weighted by atomic mass is 32.1. The maximum atomic E-state index is 13.2. The number of hydrogen-bond donors (Lipinski definition) is 1. The molecule has 4 aromatic heterocycles. The molecule has 0 aliphatic carbocycles.